The number of nitrogens with one attached hydrogen (secondary N) is 2. The highest BCUT2D eigenvalue weighted by atomic mass is 32.2. The van der Waals surface area contributed by atoms with Gasteiger partial charge in [-0.15, -0.1) is 16.4 Å². The number of carbonyl (C=O) groups excluding carboxylic acids is 1. The Bertz CT molecular complexity index is 1070. The molecule has 0 aliphatic heterocycles. The number of nitrogens with zero attached hydrogens (tertiary/aromatic N) is 3. The first kappa shape index (κ1) is 19.2. The summed E-state index contributed by atoms with van der Waals surface area (Å²) in [5.41, 5.74) is 1.86. The number of thiazole rings is 1. The fraction of sp³-hybridized carbons (Fsp3) is 0.100. The van der Waals surface area contributed by atoms with Crippen molar-refractivity contribution in [1.29, 1.82) is 0 Å². The van der Waals surface area contributed by atoms with Gasteiger partial charge in [-0.05, 0) is 12.1 Å². The van der Waals surface area contributed by atoms with Crippen molar-refractivity contribution in [2.75, 3.05) is 11.1 Å². The molecule has 2 heterocycles. The van der Waals surface area contributed by atoms with Crippen molar-refractivity contribution in [3.63, 3.8) is 0 Å². The topological polar surface area (TPSA) is 92.8 Å². The molecule has 0 atom stereocenters. The summed E-state index contributed by atoms with van der Waals surface area (Å²) in [4.78, 5) is 21.0. The summed E-state index contributed by atoms with van der Waals surface area (Å²) in [6, 6.07) is 19.3. The molecule has 0 aliphatic carbocycles. The lowest BCUT2D eigenvalue weighted by atomic mass is 10.2. The normalized spacial score (nSPS) is 10.6. The summed E-state index contributed by atoms with van der Waals surface area (Å²) >= 11 is 2.65. The molecule has 9 heteroatoms. The van der Waals surface area contributed by atoms with Gasteiger partial charge in [-0.3, -0.25) is 9.89 Å². The van der Waals surface area contributed by atoms with Crippen molar-refractivity contribution < 1.29 is 9.53 Å². The standard InChI is InChI=1S/C20H17N5O2S2/c26-18(23-19-21-16(12-28-19)14-7-3-1-4-8-14)13-29-20-22-17(24-25-20)11-27-15-9-5-2-6-10-15/h1-10,12H,11,13H2,(H,21,23,26)(H,22,24,25). The van der Waals surface area contributed by atoms with E-state index in [1.54, 1.807) is 0 Å². The van der Waals surface area contributed by atoms with Crippen LogP contribution >= 0.6 is 23.1 Å². The van der Waals surface area contributed by atoms with Crippen LogP contribution in [0.2, 0.25) is 0 Å². The van der Waals surface area contributed by atoms with Crippen molar-refractivity contribution in [2.24, 2.45) is 0 Å². The maximum atomic E-state index is 12.2. The maximum Gasteiger partial charge on any atom is 0.236 e. The SMILES string of the molecule is O=C(CSc1n[nH]c(COc2ccccc2)n1)Nc1nc(-c2ccccc2)cs1. The number of hydrogen-bond acceptors (Lipinski definition) is 7. The van der Waals surface area contributed by atoms with Crippen molar-refractivity contribution in [3.05, 3.63) is 71.9 Å². The van der Waals surface area contributed by atoms with Crippen LogP contribution in [0.1, 0.15) is 5.82 Å². The number of para-hydroxylation sites is 1. The van der Waals surface area contributed by atoms with Gasteiger partial charge in [0.05, 0.1) is 11.4 Å². The summed E-state index contributed by atoms with van der Waals surface area (Å²) in [5.74, 6) is 1.40. The number of hydrogen-bond donors (Lipinski definition) is 2. The first-order valence-electron chi connectivity index (χ1n) is 8.79. The zero-order valence-corrected chi connectivity index (χ0v) is 16.9. The minimum atomic E-state index is -0.157. The number of H-pyrrole nitrogens is 1. The zero-order chi connectivity index (χ0) is 19.9. The molecule has 0 fully saturated rings. The number of anilines is 1. The lowest BCUT2D eigenvalue weighted by molar-refractivity contribution is -0.113. The van der Waals surface area contributed by atoms with E-state index in [2.05, 4.69) is 25.5 Å². The molecule has 2 aromatic heterocycles. The fourth-order valence-electron chi connectivity index (χ4n) is 2.43. The lowest BCUT2D eigenvalue weighted by Crippen LogP contribution is -2.13. The molecule has 0 saturated carbocycles. The fourth-order valence-corrected chi connectivity index (χ4v) is 3.79. The maximum absolute atomic E-state index is 12.2. The van der Waals surface area contributed by atoms with Gasteiger partial charge in [0.15, 0.2) is 11.0 Å². The van der Waals surface area contributed by atoms with E-state index in [1.807, 2.05) is 66.0 Å². The van der Waals surface area contributed by atoms with Crippen LogP contribution in [0.15, 0.2) is 71.2 Å². The van der Waals surface area contributed by atoms with E-state index in [9.17, 15) is 4.79 Å². The summed E-state index contributed by atoms with van der Waals surface area (Å²) in [6.07, 6.45) is 0. The van der Waals surface area contributed by atoms with Crippen LogP contribution < -0.4 is 10.1 Å². The molecule has 4 rings (SSSR count). The molecule has 1 amide bonds. The predicted octanol–water partition coefficient (Wildman–Crippen LogP) is 4.24. The second-order valence-corrected chi connectivity index (χ2v) is 7.71. The molecule has 0 spiro atoms. The van der Waals surface area contributed by atoms with Gasteiger partial charge in [-0.25, -0.2) is 9.97 Å². The third kappa shape index (κ3) is 5.43. The van der Waals surface area contributed by atoms with Gasteiger partial charge in [-0.1, -0.05) is 60.3 Å². The lowest BCUT2D eigenvalue weighted by Gasteiger charge is -2.02. The van der Waals surface area contributed by atoms with Crippen molar-refractivity contribution >= 4 is 34.1 Å². The summed E-state index contributed by atoms with van der Waals surface area (Å²) in [7, 11) is 0. The number of aromatic nitrogens is 4. The third-order valence-corrected chi connectivity index (χ3v) is 5.39. The van der Waals surface area contributed by atoms with E-state index in [-0.39, 0.29) is 18.3 Å². The van der Waals surface area contributed by atoms with Crippen LogP contribution in [0, 0.1) is 0 Å². The van der Waals surface area contributed by atoms with Crippen molar-refractivity contribution in [1.82, 2.24) is 20.2 Å². The predicted molar refractivity (Wildman–Crippen MR) is 114 cm³/mol. The van der Waals surface area contributed by atoms with E-state index in [4.69, 9.17) is 4.74 Å². The van der Waals surface area contributed by atoms with Crippen LogP contribution in [-0.2, 0) is 11.4 Å². The quantitative estimate of drug-likeness (QED) is 0.412. The molecular formula is C20H17N5O2S2. The first-order valence-corrected chi connectivity index (χ1v) is 10.7. The van der Waals surface area contributed by atoms with Crippen molar-refractivity contribution in [2.45, 2.75) is 11.8 Å². The van der Waals surface area contributed by atoms with Crippen LogP contribution in [-0.4, -0.2) is 31.8 Å². The Balaban J connectivity index is 1.25. The molecule has 0 radical (unpaired) electrons. The molecule has 29 heavy (non-hydrogen) atoms. The highest BCUT2D eigenvalue weighted by Crippen LogP contribution is 2.25. The molecule has 0 aliphatic rings. The van der Waals surface area contributed by atoms with Gasteiger partial charge in [0.2, 0.25) is 11.1 Å². The van der Waals surface area contributed by atoms with E-state index in [0.717, 1.165) is 17.0 Å². The minimum Gasteiger partial charge on any atom is -0.486 e. The van der Waals surface area contributed by atoms with Gasteiger partial charge in [0, 0.05) is 10.9 Å². The van der Waals surface area contributed by atoms with E-state index in [0.29, 0.717) is 16.1 Å². The van der Waals surface area contributed by atoms with Crippen LogP contribution in [0.25, 0.3) is 11.3 Å². The van der Waals surface area contributed by atoms with Gasteiger partial charge in [0.1, 0.15) is 12.4 Å². The highest BCUT2D eigenvalue weighted by molar-refractivity contribution is 7.99. The number of rotatable bonds is 8. The molecule has 2 N–H and O–H groups in total. The Hall–Kier alpha value is -3.17. The van der Waals surface area contributed by atoms with E-state index >= 15 is 0 Å². The molecule has 0 unspecified atom stereocenters. The average Bonchev–Trinajstić information content (AvgIpc) is 3.42. The number of benzene rings is 2. The monoisotopic (exact) mass is 423 g/mol. The summed E-state index contributed by atoms with van der Waals surface area (Å²) in [5, 5.41) is 12.7. The number of aromatic amines is 1. The smallest absolute Gasteiger partial charge is 0.236 e. The van der Waals surface area contributed by atoms with Crippen LogP contribution in [0.3, 0.4) is 0 Å². The number of amides is 1. The first-order chi connectivity index (χ1) is 14.3. The number of thioether (sulfide) groups is 1. The average molecular weight is 424 g/mol. The Morgan fingerprint density at radius 2 is 1.83 bits per heavy atom. The van der Waals surface area contributed by atoms with E-state index in [1.165, 1.54) is 23.1 Å². The largest absolute Gasteiger partial charge is 0.486 e. The van der Waals surface area contributed by atoms with Gasteiger partial charge in [0.25, 0.3) is 0 Å². The molecule has 0 saturated heterocycles. The minimum absolute atomic E-state index is 0.157. The third-order valence-electron chi connectivity index (χ3n) is 3.78. The zero-order valence-electron chi connectivity index (χ0n) is 15.2. The molecule has 146 valence electrons. The number of carbonyl (C=O) groups is 1. The second kappa shape index (κ2) is 9.35. The van der Waals surface area contributed by atoms with Crippen LogP contribution in [0.4, 0.5) is 5.13 Å². The Morgan fingerprint density at radius 1 is 1.07 bits per heavy atom. The Kier molecular flexibility index (Phi) is 6.18. The van der Waals surface area contributed by atoms with Crippen molar-refractivity contribution in [3.8, 4) is 17.0 Å². The molecular weight excluding hydrogens is 406 g/mol. The molecule has 0 bridgehead atoms. The van der Waals surface area contributed by atoms with Gasteiger partial charge >= 0.3 is 0 Å². The molecule has 7 nitrogen and oxygen atoms in total. The second-order valence-electron chi connectivity index (χ2n) is 5.91. The molecule has 4 aromatic rings. The van der Waals surface area contributed by atoms with Gasteiger partial charge < -0.3 is 10.1 Å². The van der Waals surface area contributed by atoms with Crippen LogP contribution in [0.5, 0.6) is 5.75 Å². The molecule has 2 aromatic carbocycles. The van der Waals surface area contributed by atoms with Gasteiger partial charge in [-0.2, -0.15) is 0 Å². The van der Waals surface area contributed by atoms with E-state index < -0.39 is 0 Å². The number of ether oxygens (including phenoxy) is 1. The Morgan fingerprint density at radius 3 is 2.62 bits per heavy atom. The highest BCUT2D eigenvalue weighted by Gasteiger charge is 2.11. The summed E-state index contributed by atoms with van der Waals surface area (Å²) < 4.78 is 5.62. The summed E-state index contributed by atoms with van der Waals surface area (Å²) in [6.45, 7) is 0.283. The Labute approximate surface area is 175 Å².